The Kier molecular flexibility index (Phi) is 5.17. The molecule has 19 heavy (non-hydrogen) atoms. The Labute approximate surface area is 109 Å². The minimum absolute atomic E-state index is 0.147. The minimum atomic E-state index is -4.45. The van der Waals surface area contributed by atoms with E-state index in [1.165, 1.54) is 4.90 Å². The van der Waals surface area contributed by atoms with Crippen molar-refractivity contribution in [3.63, 3.8) is 0 Å². The van der Waals surface area contributed by atoms with Gasteiger partial charge in [0, 0.05) is 13.1 Å². The van der Waals surface area contributed by atoms with E-state index >= 15 is 0 Å². The third-order valence-corrected chi connectivity index (χ3v) is 2.53. The van der Waals surface area contributed by atoms with Gasteiger partial charge in [-0.25, -0.2) is 0 Å². The molecule has 1 amide bonds. The molecule has 0 aromatic carbocycles. The molecule has 1 heterocycles. The summed E-state index contributed by atoms with van der Waals surface area (Å²) in [6.07, 6.45) is -4.98. The molecule has 0 aliphatic carbocycles. The van der Waals surface area contributed by atoms with Crippen molar-refractivity contribution in [3.8, 4) is 0 Å². The van der Waals surface area contributed by atoms with Gasteiger partial charge in [0.25, 0.3) is 0 Å². The van der Waals surface area contributed by atoms with Crippen LogP contribution >= 0.6 is 0 Å². The molecule has 1 aliphatic heterocycles. The topological polar surface area (TPSA) is 59.0 Å². The Balaban J connectivity index is 2.47. The van der Waals surface area contributed by atoms with Crippen LogP contribution in [0.1, 0.15) is 13.8 Å². The van der Waals surface area contributed by atoms with Gasteiger partial charge in [0.05, 0.1) is 18.3 Å². The van der Waals surface area contributed by atoms with E-state index in [2.05, 4.69) is 4.74 Å². The lowest BCUT2D eigenvalue weighted by molar-refractivity contribution is -0.185. The zero-order valence-electron chi connectivity index (χ0n) is 10.9. The van der Waals surface area contributed by atoms with E-state index in [-0.39, 0.29) is 19.7 Å². The largest absolute Gasteiger partial charge is 0.411 e. The molecule has 8 heteroatoms. The second-order valence-electron chi connectivity index (χ2n) is 5.06. The molecular weight excluding hydrogens is 267 g/mol. The number of carbonyl (C=O) groups excluding carboxylic acids is 1. The van der Waals surface area contributed by atoms with Crippen LogP contribution in [0, 0.1) is 0 Å². The average Bonchev–Trinajstić information content (AvgIpc) is 2.24. The summed E-state index contributed by atoms with van der Waals surface area (Å²) >= 11 is 0. The van der Waals surface area contributed by atoms with Gasteiger partial charge in [0.1, 0.15) is 13.2 Å². The predicted octanol–water partition coefficient (Wildman–Crippen LogP) is 0.564. The fourth-order valence-electron chi connectivity index (χ4n) is 1.93. The zero-order valence-corrected chi connectivity index (χ0v) is 10.9. The number of ether oxygens (including phenoxy) is 2. The standard InChI is InChI=1S/C11H18F3NO4/c1-10(2)6-15(3-8(4-16)19-10)9(17)5-18-7-11(12,13)14/h8,16H,3-7H2,1-2H3. The van der Waals surface area contributed by atoms with Gasteiger partial charge in [-0.3, -0.25) is 4.79 Å². The summed E-state index contributed by atoms with van der Waals surface area (Å²) in [5.41, 5.74) is -0.647. The highest BCUT2D eigenvalue weighted by Gasteiger charge is 2.35. The van der Waals surface area contributed by atoms with Crippen molar-refractivity contribution in [3.05, 3.63) is 0 Å². The number of nitrogens with zero attached hydrogens (tertiary/aromatic N) is 1. The molecule has 1 aliphatic rings. The molecule has 0 bridgehead atoms. The molecule has 0 spiro atoms. The van der Waals surface area contributed by atoms with Gasteiger partial charge in [-0.05, 0) is 13.8 Å². The van der Waals surface area contributed by atoms with Crippen LogP contribution < -0.4 is 0 Å². The number of halogens is 3. The molecule has 1 saturated heterocycles. The van der Waals surface area contributed by atoms with E-state index < -0.39 is 37.0 Å². The summed E-state index contributed by atoms with van der Waals surface area (Å²) in [5.74, 6) is -0.543. The highest BCUT2D eigenvalue weighted by Crippen LogP contribution is 2.21. The van der Waals surface area contributed by atoms with E-state index in [4.69, 9.17) is 9.84 Å². The maximum atomic E-state index is 11.9. The molecule has 0 radical (unpaired) electrons. The van der Waals surface area contributed by atoms with E-state index in [9.17, 15) is 18.0 Å². The number of carbonyl (C=O) groups is 1. The van der Waals surface area contributed by atoms with Crippen molar-refractivity contribution in [2.45, 2.75) is 31.7 Å². The quantitative estimate of drug-likeness (QED) is 0.820. The highest BCUT2D eigenvalue weighted by atomic mass is 19.4. The van der Waals surface area contributed by atoms with E-state index in [0.29, 0.717) is 0 Å². The van der Waals surface area contributed by atoms with Gasteiger partial charge >= 0.3 is 6.18 Å². The van der Waals surface area contributed by atoms with Gasteiger partial charge in [-0.2, -0.15) is 13.2 Å². The van der Waals surface area contributed by atoms with Crippen LogP contribution in [0.4, 0.5) is 13.2 Å². The summed E-state index contributed by atoms with van der Waals surface area (Å²) < 4.78 is 45.5. The molecule has 112 valence electrons. The summed E-state index contributed by atoms with van der Waals surface area (Å²) in [6.45, 7) is 1.55. The number of alkyl halides is 3. The Morgan fingerprint density at radius 2 is 2.16 bits per heavy atom. The Hall–Kier alpha value is -0.860. The van der Waals surface area contributed by atoms with Gasteiger partial charge < -0.3 is 19.5 Å². The molecule has 0 aromatic heterocycles. The monoisotopic (exact) mass is 285 g/mol. The summed E-state index contributed by atoms with van der Waals surface area (Å²) in [6, 6.07) is 0. The van der Waals surface area contributed by atoms with E-state index in [1.807, 2.05) is 0 Å². The normalized spacial score (nSPS) is 23.5. The number of aliphatic hydroxyl groups excluding tert-OH is 1. The van der Waals surface area contributed by atoms with Crippen LogP contribution in [0.2, 0.25) is 0 Å². The molecule has 0 saturated carbocycles. The van der Waals surface area contributed by atoms with Crippen LogP contribution in [0.5, 0.6) is 0 Å². The maximum Gasteiger partial charge on any atom is 0.411 e. The lowest BCUT2D eigenvalue weighted by atomic mass is 10.1. The first-order valence-electron chi connectivity index (χ1n) is 5.84. The Morgan fingerprint density at radius 3 is 2.68 bits per heavy atom. The number of amides is 1. The molecule has 0 aromatic rings. The SMILES string of the molecule is CC1(C)CN(C(=O)COCC(F)(F)F)CC(CO)O1. The van der Waals surface area contributed by atoms with Crippen molar-refractivity contribution in [2.75, 3.05) is 32.9 Å². The fourth-order valence-corrected chi connectivity index (χ4v) is 1.93. The van der Waals surface area contributed by atoms with Crippen LogP contribution in [0.25, 0.3) is 0 Å². The van der Waals surface area contributed by atoms with Gasteiger partial charge in [0.2, 0.25) is 5.91 Å². The van der Waals surface area contributed by atoms with Crippen LogP contribution in [0.3, 0.4) is 0 Å². The summed E-state index contributed by atoms with van der Waals surface area (Å²) in [7, 11) is 0. The maximum absolute atomic E-state index is 11.9. The zero-order chi connectivity index (χ0) is 14.7. The van der Waals surface area contributed by atoms with Crippen molar-refractivity contribution in [1.29, 1.82) is 0 Å². The van der Waals surface area contributed by atoms with Gasteiger partial charge in [-0.1, -0.05) is 0 Å². The first-order valence-corrected chi connectivity index (χ1v) is 5.84. The number of aliphatic hydroxyl groups is 1. The number of morpholine rings is 1. The van der Waals surface area contributed by atoms with Crippen molar-refractivity contribution in [1.82, 2.24) is 4.90 Å². The van der Waals surface area contributed by atoms with E-state index in [0.717, 1.165) is 0 Å². The number of hydrogen-bond acceptors (Lipinski definition) is 4. The molecule has 1 rings (SSSR count). The predicted molar refractivity (Wildman–Crippen MR) is 59.5 cm³/mol. The molecule has 1 N–H and O–H groups in total. The lowest BCUT2D eigenvalue weighted by Gasteiger charge is -2.42. The second-order valence-corrected chi connectivity index (χ2v) is 5.06. The highest BCUT2D eigenvalue weighted by molar-refractivity contribution is 5.77. The number of hydrogen-bond donors (Lipinski definition) is 1. The van der Waals surface area contributed by atoms with Crippen molar-refractivity contribution in [2.24, 2.45) is 0 Å². The number of rotatable bonds is 4. The Morgan fingerprint density at radius 1 is 1.53 bits per heavy atom. The van der Waals surface area contributed by atoms with Crippen molar-refractivity contribution >= 4 is 5.91 Å². The molecule has 1 unspecified atom stereocenters. The smallest absolute Gasteiger partial charge is 0.394 e. The minimum Gasteiger partial charge on any atom is -0.394 e. The second kappa shape index (κ2) is 6.06. The van der Waals surface area contributed by atoms with Crippen LogP contribution in [-0.2, 0) is 14.3 Å². The molecular formula is C11H18F3NO4. The summed E-state index contributed by atoms with van der Waals surface area (Å²) in [4.78, 5) is 13.1. The summed E-state index contributed by atoms with van der Waals surface area (Å²) in [5, 5.41) is 9.06. The van der Waals surface area contributed by atoms with E-state index in [1.54, 1.807) is 13.8 Å². The van der Waals surface area contributed by atoms with Gasteiger partial charge in [0.15, 0.2) is 0 Å². The fraction of sp³-hybridized carbons (Fsp3) is 0.909. The van der Waals surface area contributed by atoms with Crippen molar-refractivity contribution < 1.29 is 32.5 Å². The first-order chi connectivity index (χ1) is 8.63. The Bertz CT molecular complexity index is 320. The molecule has 5 nitrogen and oxygen atoms in total. The third-order valence-electron chi connectivity index (χ3n) is 2.53. The van der Waals surface area contributed by atoms with Gasteiger partial charge in [-0.15, -0.1) is 0 Å². The first kappa shape index (κ1) is 16.2. The third kappa shape index (κ3) is 5.75. The average molecular weight is 285 g/mol. The van der Waals surface area contributed by atoms with Crippen LogP contribution in [-0.4, -0.2) is 66.7 Å². The van der Waals surface area contributed by atoms with Crippen LogP contribution in [0.15, 0.2) is 0 Å². The molecule has 1 fully saturated rings. The lowest BCUT2D eigenvalue weighted by Crippen LogP contribution is -2.56. The molecule has 1 atom stereocenters.